The maximum absolute atomic E-state index is 9.74. The van der Waals surface area contributed by atoms with Crippen LogP contribution in [-0.4, -0.2) is 19.6 Å². The molecule has 0 N–H and O–H groups in total. The van der Waals surface area contributed by atoms with E-state index in [0.717, 1.165) is 51.4 Å². The van der Waals surface area contributed by atoms with E-state index in [0.29, 0.717) is 22.3 Å². The highest BCUT2D eigenvalue weighted by Gasteiger charge is 2.48. The van der Waals surface area contributed by atoms with Gasteiger partial charge in [-0.2, -0.15) is 5.26 Å². The third-order valence-corrected chi connectivity index (χ3v) is 12.4. The summed E-state index contributed by atoms with van der Waals surface area (Å²) in [6.45, 7) is 0. The zero-order valence-electron chi connectivity index (χ0n) is 23.4. The number of nitrogens with zero attached hydrogens (tertiary/aromatic N) is 3. The Morgan fingerprint density at radius 2 is 1.85 bits per heavy atom. The fourth-order valence-corrected chi connectivity index (χ4v) is 10.8. The molecule has 5 atom stereocenters. The van der Waals surface area contributed by atoms with Gasteiger partial charge in [0.05, 0.1) is 22.5 Å². The van der Waals surface area contributed by atoms with Crippen LogP contribution >= 0.6 is 11.8 Å². The van der Waals surface area contributed by atoms with Crippen LogP contribution in [0.1, 0.15) is 67.5 Å². The van der Waals surface area contributed by atoms with Crippen LogP contribution in [0.2, 0.25) is 0 Å². The molecule has 3 aromatic rings. The number of aryl methyl sites for hydroxylation is 1. The van der Waals surface area contributed by atoms with Crippen LogP contribution in [0, 0.1) is 29.1 Å². The summed E-state index contributed by atoms with van der Waals surface area (Å²) in [6.07, 6.45) is 31.6. The molecule has 6 aliphatic rings. The Morgan fingerprint density at radius 3 is 2.80 bits per heavy atom. The second-order valence-electron chi connectivity index (χ2n) is 12.7. The number of hydrogen-bond acceptors (Lipinski definition) is 2. The average molecular weight is 554 g/mol. The molecule has 3 heterocycles. The van der Waals surface area contributed by atoms with Crippen molar-refractivity contribution in [2.45, 2.75) is 68.3 Å². The minimum atomic E-state index is 0.223. The van der Waals surface area contributed by atoms with Crippen molar-refractivity contribution in [1.29, 1.82) is 5.26 Å². The van der Waals surface area contributed by atoms with Gasteiger partial charge < -0.3 is 9.13 Å². The van der Waals surface area contributed by atoms with Crippen LogP contribution in [0.15, 0.2) is 48.6 Å². The predicted octanol–water partition coefficient (Wildman–Crippen LogP) is 7.16. The Bertz CT molecular complexity index is 1900. The fraction of sp³-hybridized carbons (Fsp3) is 0.378. The largest absolute Gasteiger partial charge is 0.311 e. The zero-order chi connectivity index (χ0) is 27.1. The molecule has 1 aromatic carbocycles. The van der Waals surface area contributed by atoms with E-state index < -0.39 is 0 Å². The van der Waals surface area contributed by atoms with Crippen molar-refractivity contribution >= 4 is 52.7 Å². The first-order valence-corrected chi connectivity index (χ1v) is 16.6. The van der Waals surface area contributed by atoms with Gasteiger partial charge in [-0.3, -0.25) is 0 Å². The lowest BCUT2D eigenvalue weighted by atomic mass is 9.73. The first kappa shape index (κ1) is 24.2. The van der Waals surface area contributed by atoms with Gasteiger partial charge in [-0.05, 0) is 93.4 Å². The Balaban J connectivity index is 1.30. The summed E-state index contributed by atoms with van der Waals surface area (Å²) in [7, 11) is 0. The van der Waals surface area contributed by atoms with Gasteiger partial charge >= 0.3 is 0 Å². The molecule has 2 fully saturated rings. The fourth-order valence-electron chi connectivity index (χ4n) is 8.85. The average Bonchev–Trinajstić information content (AvgIpc) is 3.68. The predicted molar refractivity (Wildman–Crippen MR) is 172 cm³/mol. The van der Waals surface area contributed by atoms with Crippen LogP contribution < -0.4 is 10.6 Å². The molecule has 204 valence electrons. The number of thioether (sulfide) groups is 1. The number of fused-ring (bicyclic) bond motifs is 9. The van der Waals surface area contributed by atoms with Gasteiger partial charge in [0.15, 0.2) is 0 Å². The molecule has 41 heavy (non-hydrogen) atoms. The van der Waals surface area contributed by atoms with E-state index in [1.807, 2.05) is 0 Å². The second kappa shape index (κ2) is 9.30. The number of aromatic nitrogens is 2. The summed E-state index contributed by atoms with van der Waals surface area (Å²) in [5.41, 5.74) is 9.96. The van der Waals surface area contributed by atoms with Crippen LogP contribution in [0.4, 0.5) is 0 Å². The number of allylic oxidation sites excluding steroid dienone is 5. The molecule has 0 bridgehead atoms. The van der Waals surface area contributed by atoms with Gasteiger partial charge in [0.2, 0.25) is 0 Å². The summed E-state index contributed by atoms with van der Waals surface area (Å²) in [5.74, 6) is 1.34. The molecule has 9 rings (SSSR count). The first-order chi connectivity index (χ1) is 20.3. The highest BCUT2D eigenvalue weighted by molar-refractivity contribution is 8.01. The summed E-state index contributed by atoms with van der Waals surface area (Å²) >= 11 is 2.20. The monoisotopic (exact) mass is 553 g/mol. The molecule has 0 radical (unpaired) electrons. The molecule has 0 amide bonds. The molecule has 1 aliphatic heterocycles. The quantitative estimate of drug-likeness (QED) is 0.338. The van der Waals surface area contributed by atoms with Crippen LogP contribution in [0.3, 0.4) is 0 Å². The van der Waals surface area contributed by atoms with E-state index in [9.17, 15) is 5.26 Å². The Morgan fingerprint density at radius 1 is 0.951 bits per heavy atom. The maximum Gasteiger partial charge on any atom is 0.0776 e. The molecular formula is C37H35N3S. The van der Waals surface area contributed by atoms with Crippen LogP contribution in [-0.2, 0) is 12.8 Å². The third-order valence-electron chi connectivity index (χ3n) is 10.6. The van der Waals surface area contributed by atoms with Crippen LogP contribution in [0.5, 0.6) is 0 Å². The van der Waals surface area contributed by atoms with Crippen molar-refractivity contribution < 1.29 is 0 Å². The van der Waals surface area contributed by atoms with E-state index >= 15 is 0 Å². The lowest BCUT2D eigenvalue weighted by Gasteiger charge is -2.31. The highest BCUT2D eigenvalue weighted by Crippen LogP contribution is 2.56. The number of rotatable bonds is 2. The SMILES string of the molecule is N#CC1CCC2SC3C(n4c5c(c6cccc(-n7c8c(c9c7=CCCC=9)C=CCC8)c64)CCC=C5)=CC=CC3C2C1. The van der Waals surface area contributed by atoms with Gasteiger partial charge in [-0.25, -0.2) is 0 Å². The van der Waals surface area contributed by atoms with E-state index in [4.69, 9.17) is 0 Å². The number of nitriles is 1. The summed E-state index contributed by atoms with van der Waals surface area (Å²) in [5, 5.41) is 15.1. The molecule has 3 nitrogen and oxygen atoms in total. The third kappa shape index (κ3) is 3.45. The van der Waals surface area contributed by atoms with Crippen molar-refractivity contribution in [3.63, 3.8) is 0 Å². The number of hydrogen-bond donors (Lipinski definition) is 0. The standard InChI is InChI=1S/C37H35N3S/c38-22-23-19-20-35-29(21-23)28-13-8-18-34(37(28)41-35)40-32-16-6-3-11-26(32)27-12-7-17-33(36(27)40)39-30-14-4-1-9-24(30)25-10-2-5-15-31(25)39/h1,6-10,12-13,15-18,23,28-29,35,37H,2-5,11,14,19-21H2. The summed E-state index contributed by atoms with van der Waals surface area (Å²) in [4.78, 5) is 0. The smallest absolute Gasteiger partial charge is 0.0776 e. The zero-order valence-corrected chi connectivity index (χ0v) is 24.2. The molecule has 1 saturated heterocycles. The molecule has 2 aromatic heterocycles. The minimum Gasteiger partial charge on any atom is -0.311 e. The van der Waals surface area contributed by atoms with E-state index in [2.05, 4.69) is 99.8 Å². The van der Waals surface area contributed by atoms with Gasteiger partial charge in [0, 0.05) is 49.8 Å². The van der Waals surface area contributed by atoms with Crippen molar-refractivity contribution in [3.8, 4) is 11.8 Å². The van der Waals surface area contributed by atoms with Crippen molar-refractivity contribution in [3.05, 3.63) is 81.7 Å². The van der Waals surface area contributed by atoms with E-state index in [1.54, 1.807) is 0 Å². The van der Waals surface area contributed by atoms with E-state index in [1.165, 1.54) is 61.8 Å². The number of benzene rings is 1. The van der Waals surface area contributed by atoms with Crippen molar-refractivity contribution in [2.75, 3.05) is 0 Å². The molecule has 1 saturated carbocycles. The molecular weight excluding hydrogens is 518 g/mol. The Labute approximate surface area is 245 Å². The molecule has 0 spiro atoms. The van der Waals surface area contributed by atoms with Gasteiger partial charge in [0.25, 0.3) is 0 Å². The molecule has 5 aliphatic carbocycles. The van der Waals surface area contributed by atoms with Crippen molar-refractivity contribution in [1.82, 2.24) is 9.13 Å². The second-order valence-corrected chi connectivity index (χ2v) is 14.1. The summed E-state index contributed by atoms with van der Waals surface area (Å²) < 4.78 is 5.31. The molecule has 4 heteroatoms. The summed E-state index contributed by atoms with van der Waals surface area (Å²) in [6, 6.07) is 9.66. The van der Waals surface area contributed by atoms with E-state index in [-0.39, 0.29) is 5.92 Å². The Hall–Kier alpha value is -3.42. The van der Waals surface area contributed by atoms with Gasteiger partial charge in [-0.15, -0.1) is 11.8 Å². The normalized spacial score (nSPS) is 29.0. The minimum absolute atomic E-state index is 0.223. The lowest BCUT2D eigenvalue weighted by Crippen LogP contribution is -2.31. The number of para-hydroxylation sites is 1. The molecule has 5 unspecified atom stereocenters. The lowest BCUT2D eigenvalue weighted by molar-refractivity contribution is 0.281. The highest BCUT2D eigenvalue weighted by atomic mass is 32.2. The van der Waals surface area contributed by atoms with Crippen LogP contribution in [0.25, 0.3) is 46.6 Å². The first-order valence-electron chi connectivity index (χ1n) is 15.7. The van der Waals surface area contributed by atoms with Gasteiger partial charge in [-0.1, -0.05) is 54.7 Å². The Kier molecular flexibility index (Phi) is 5.49. The van der Waals surface area contributed by atoms with Gasteiger partial charge in [0.1, 0.15) is 0 Å². The van der Waals surface area contributed by atoms with Crippen molar-refractivity contribution in [2.24, 2.45) is 17.8 Å². The maximum atomic E-state index is 9.74. The topological polar surface area (TPSA) is 33.6 Å².